The topological polar surface area (TPSA) is 86.8 Å². The summed E-state index contributed by atoms with van der Waals surface area (Å²) in [5.74, 6) is -0.781. The van der Waals surface area contributed by atoms with Crippen LogP contribution in [0, 0.1) is 13.8 Å². The van der Waals surface area contributed by atoms with Gasteiger partial charge in [-0.05, 0) is 74.6 Å². The lowest BCUT2D eigenvalue weighted by molar-refractivity contribution is -0.140. The fourth-order valence-electron chi connectivity index (χ4n) is 4.85. The third-order valence-electron chi connectivity index (χ3n) is 7.34. The van der Waals surface area contributed by atoms with Crippen LogP contribution in [-0.4, -0.2) is 50.5 Å². The molecule has 7 nitrogen and oxygen atoms in total. The summed E-state index contributed by atoms with van der Waals surface area (Å²) < 4.78 is 29.4. The van der Waals surface area contributed by atoms with Crippen molar-refractivity contribution < 1.29 is 18.0 Å². The summed E-state index contributed by atoms with van der Waals surface area (Å²) in [4.78, 5) is 30.5. The van der Waals surface area contributed by atoms with Gasteiger partial charge in [-0.3, -0.25) is 13.9 Å². The Hall–Kier alpha value is -4.08. The predicted octanol–water partition coefficient (Wildman–Crippen LogP) is 6.00. The van der Waals surface area contributed by atoms with Crippen LogP contribution in [0.3, 0.4) is 0 Å². The Morgan fingerprint density at radius 2 is 1.39 bits per heavy atom. The molecule has 0 radical (unpaired) electrons. The minimum absolute atomic E-state index is 0.0818. The molecule has 0 aliphatic carbocycles. The van der Waals surface area contributed by atoms with Crippen LogP contribution in [0.1, 0.15) is 29.2 Å². The van der Waals surface area contributed by atoms with Crippen LogP contribution in [0.15, 0.2) is 113 Å². The van der Waals surface area contributed by atoms with Crippen LogP contribution in [0.2, 0.25) is 0 Å². The van der Waals surface area contributed by atoms with Crippen molar-refractivity contribution in [1.29, 1.82) is 0 Å². The summed E-state index contributed by atoms with van der Waals surface area (Å²) in [6.07, 6.45) is 2.20. The lowest BCUT2D eigenvalue weighted by atomic mass is 10.0. The average molecular weight is 630 g/mol. The number of anilines is 1. The van der Waals surface area contributed by atoms with Crippen LogP contribution in [0.5, 0.6) is 0 Å². The highest BCUT2D eigenvalue weighted by Crippen LogP contribution is 2.27. The maximum atomic E-state index is 14.4. The first-order chi connectivity index (χ1) is 21.1. The number of hydrogen-bond acceptors (Lipinski definition) is 5. The minimum atomic E-state index is -4.14. The lowest BCUT2D eigenvalue weighted by Crippen LogP contribution is -2.53. The van der Waals surface area contributed by atoms with Gasteiger partial charge in [0.2, 0.25) is 11.8 Å². The molecule has 4 rings (SSSR count). The standard InChI is InChI=1S/C35H39N3O4S2/c1-5-36-35(40)33(23-28-9-7-6-8-10-28)37(24-29-15-11-26(2)12-16-29)34(39)25-38(30-17-13-27(3)14-18-30)44(41,42)32-21-19-31(43-4)20-22-32/h6-22,33H,5,23-25H2,1-4H3,(H,36,40)/t33-/m0/s1. The number of rotatable bonds is 13. The molecule has 2 amide bonds. The molecule has 0 unspecified atom stereocenters. The van der Waals surface area contributed by atoms with Gasteiger partial charge in [-0.25, -0.2) is 8.42 Å². The zero-order chi connectivity index (χ0) is 31.7. The Morgan fingerprint density at radius 3 is 1.95 bits per heavy atom. The number of carbonyl (C=O) groups excluding carboxylic acids is 2. The number of likely N-dealkylation sites (N-methyl/N-ethyl adjacent to an activating group) is 1. The van der Waals surface area contributed by atoms with E-state index < -0.39 is 28.5 Å². The zero-order valence-electron chi connectivity index (χ0n) is 25.6. The maximum Gasteiger partial charge on any atom is 0.264 e. The van der Waals surface area contributed by atoms with Crippen molar-refractivity contribution in [3.63, 3.8) is 0 Å². The van der Waals surface area contributed by atoms with Crippen molar-refractivity contribution in [2.75, 3.05) is 23.7 Å². The van der Waals surface area contributed by atoms with Gasteiger partial charge >= 0.3 is 0 Å². The zero-order valence-corrected chi connectivity index (χ0v) is 27.2. The van der Waals surface area contributed by atoms with Crippen LogP contribution in [0.25, 0.3) is 0 Å². The molecule has 0 saturated carbocycles. The van der Waals surface area contributed by atoms with Gasteiger partial charge in [0.15, 0.2) is 0 Å². The van der Waals surface area contributed by atoms with Gasteiger partial charge in [0.25, 0.3) is 10.0 Å². The largest absolute Gasteiger partial charge is 0.355 e. The molecule has 0 aromatic heterocycles. The van der Waals surface area contributed by atoms with Crippen LogP contribution < -0.4 is 9.62 Å². The van der Waals surface area contributed by atoms with Crippen molar-refractivity contribution in [3.8, 4) is 0 Å². The highest BCUT2D eigenvalue weighted by molar-refractivity contribution is 7.98. The second-order valence-corrected chi connectivity index (χ2v) is 13.4. The highest BCUT2D eigenvalue weighted by atomic mass is 32.2. The van der Waals surface area contributed by atoms with E-state index in [1.54, 1.807) is 36.4 Å². The SMILES string of the molecule is CCNC(=O)[C@H](Cc1ccccc1)N(Cc1ccc(C)cc1)C(=O)CN(c1ccc(C)cc1)S(=O)(=O)c1ccc(SC)cc1. The fraction of sp³-hybridized carbons (Fsp3) is 0.257. The number of nitrogens with zero attached hydrogens (tertiary/aromatic N) is 2. The predicted molar refractivity (Wildman–Crippen MR) is 178 cm³/mol. The molecule has 0 aliphatic rings. The average Bonchev–Trinajstić information content (AvgIpc) is 3.03. The molecule has 9 heteroatoms. The third-order valence-corrected chi connectivity index (χ3v) is 9.88. The van der Waals surface area contributed by atoms with Crippen molar-refractivity contribution in [2.24, 2.45) is 0 Å². The lowest BCUT2D eigenvalue weighted by Gasteiger charge is -2.34. The van der Waals surface area contributed by atoms with Gasteiger partial charge in [0, 0.05) is 24.4 Å². The van der Waals surface area contributed by atoms with Gasteiger partial charge in [-0.2, -0.15) is 0 Å². The molecule has 0 saturated heterocycles. The molecule has 1 N–H and O–H groups in total. The van der Waals surface area contributed by atoms with Gasteiger partial charge in [-0.15, -0.1) is 11.8 Å². The molecule has 0 aliphatic heterocycles. The Kier molecular flexibility index (Phi) is 11.3. The van der Waals surface area contributed by atoms with E-state index in [-0.39, 0.29) is 23.8 Å². The van der Waals surface area contributed by atoms with E-state index in [0.717, 1.165) is 31.5 Å². The number of sulfonamides is 1. The van der Waals surface area contributed by atoms with Gasteiger partial charge < -0.3 is 10.2 Å². The second-order valence-electron chi connectivity index (χ2n) is 10.6. The molecule has 4 aromatic carbocycles. The summed E-state index contributed by atoms with van der Waals surface area (Å²) in [5, 5.41) is 2.89. The van der Waals surface area contributed by atoms with Crippen LogP contribution in [0.4, 0.5) is 5.69 Å². The summed E-state index contributed by atoms with van der Waals surface area (Å²) in [6.45, 7) is 5.78. The first-order valence-electron chi connectivity index (χ1n) is 14.5. The fourth-order valence-corrected chi connectivity index (χ4v) is 6.67. The van der Waals surface area contributed by atoms with Gasteiger partial charge in [0.1, 0.15) is 12.6 Å². The van der Waals surface area contributed by atoms with Crippen LogP contribution in [-0.2, 0) is 32.6 Å². The van der Waals surface area contributed by atoms with Crippen LogP contribution >= 0.6 is 11.8 Å². The number of thioether (sulfide) groups is 1. The quantitative estimate of drug-likeness (QED) is 0.184. The molecular weight excluding hydrogens is 591 g/mol. The van der Waals surface area contributed by atoms with E-state index in [4.69, 9.17) is 0 Å². The molecule has 0 spiro atoms. The van der Waals surface area contributed by atoms with E-state index in [0.29, 0.717) is 12.2 Å². The van der Waals surface area contributed by atoms with E-state index >= 15 is 0 Å². The van der Waals surface area contributed by atoms with Crippen molar-refractivity contribution in [3.05, 3.63) is 125 Å². The van der Waals surface area contributed by atoms with E-state index in [1.165, 1.54) is 16.7 Å². The molecule has 1 atom stereocenters. The summed E-state index contributed by atoms with van der Waals surface area (Å²) in [6, 6.07) is 30.1. The monoisotopic (exact) mass is 629 g/mol. The molecule has 0 fully saturated rings. The molecule has 44 heavy (non-hydrogen) atoms. The Bertz CT molecular complexity index is 1640. The van der Waals surface area contributed by atoms with E-state index in [1.807, 2.05) is 93.8 Å². The summed E-state index contributed by atoms with van der Waals surface area (Å²) in [7, 11) is -4.14. The number of amides is 2. The number of carbonyl (C=O) groups is 2. The first-order valence-corrected chi connectivity index (χ1v) is 17.2. The summed E-state index contributed by atoms with van der Waals surface area (Å²) in [5.41, 5.74) is 4.12. The molecule has 0 bridgehead atoms. The Morgan fingerprint density at radius 1 is 0.795 bits per heavy atom. The number of nitrogens with one attached hydrogen (secondary N) is 1. The smallest absolute Gasteiger partial charge is 0.264 e. The summed E-state index contributed by atoms with van der Waals surface area (Å²) >= 11 is 1.51. The van der Waals surface area contributed by atoms with Gasteiger partial charge in [0.05, 0.1) is 10.6 Å². The number of benzene rings is 4. The van der Waals surface area contributed by atoms with Gasteiger partial charge in [-0.1, -0.05) is 77.9 Å². The number of hydrogen-bond donors (Lipinski definition) is 1. The normalized spacial score (nSPS) is 11.9. The second kappa shape index (κ2) is 15.1. The van der Waals surface area contributed by atoms with Crippen molar-refractivity contribution in [1.82, 2.24) is 10.2 Å². The third kappa shape index (κ3) is 8.30. The molecular formula is C35H39N3O4S2. The Labute approximate surface area is 265 Å². The minimum Gasteiger partial charge on any atom is -0.355 e. The first kappa shape index (κ1) is 32.8. The highest BCUT2D eigenvalue weighted by Gasteiger charge is 2.34. The molecule has 4 aromatic rings. The number of aryl methyl sites for hydroxylation is 2. The Balaban J connectivity index is 1.78. The van der Waals surface area contributed by atoms with Crippen molar-refractivity contribution in [2.45, 2.75) is 49.6 Å². The maximum absolute atomic E-state index is 14.4. The molecule has 230 valence electrons. The van der Waals surface area contributed by atoms with E-state index in [9.17, 15) is 18.0 Å². The van der Waals surface area contributed by atoms with E-state index in [2.05, 4.69) is 5.32 Å². The van der Waals surface area contributed by atoms with Crippen molar-refractivity contribution >= 4 is 39.3 Å². The molecule has 0 heterocycles.